The fraction of sp³-hybridized carbons (Fsp3) is 0.636. The molecule has 0 bridgehead atoms. The summed E-state index contributed by atoms with van der Waals surface area (Å²) in [7, 11) is 2.09. The Morgan fingerprint density at radius 3 is 3.00 bits per heavy atom. The quantitative estimate of drug-likeness (QED) is 0.808. The van der Waals surface area contributed by atoms with E-state index in [1.54, 1.807) is 6.20 Å². The van der Waals surface area contributed by atoms with Crippen LogP contribution in [0.2, 0.25) is 0 Å². The molecule has 94 valence electrons. The summed E-state index contributed by atoms with van der Waals surface area (Å²) in [5, 5.41) is 0.452. The summed E-state index contributed by atoms with van der Waals surface area (Å²) in [4.78, 5) is 21.1. The Hall–Kier alpha value is -1.14. The van der Waals surface area contributed by atoms with Gasteiger partial charge >= 0.3 is 0 Å². The molecule has 0 unspecified atom stereocenters. The van der Waals surface area contributed by atoms with E-state index in [4.69, 9.17) is 5.73 Å². The van der Waals surface area contributed by atoms with Crippen molar-refractivity contribution < 1.29 is 4.79 Å². The van der Waals surface area contributed by atoms with Gasteiger partial charge in [-0.05, 0) is 26.9 Å². The predicted octanol–water partition coefficient (Wildman–Crippen LogP) is 0.891. The average Bonchev–Trinajstić information content (AvgIpc) is 2.62. The van der Waals surface area contributed by atoms with Crippen molar-refractivity contribution in [3.05, 3.63) is 11.1 Å². The van der Waals surface area contributed by atoms with E-state index in [9.17, 15) is 4.79 Å². The zero-order valence-corrected chi connectivity index (χ0v) is 11.0. The topological polar surface area (TPSA) is 62.5 Å². The smallest absolute Gasteiger partial charge is 0.265 e. The Morgan fingerprint density at radius 2 is 2.35 bits per heavy atom. The van der Waals surface area contributed by atoms with E-state index in [-0.39, 0.29) is 11.9 Å². The molecule has 0 spiro atoms. The van der Waals surface area contributed by atoms with Crippen LogP contribution in [0.3, 0.4) is 0 Å². The summed E-state index contributed by atoms with van der Waals surface area (Å²) in [6, 6.07) is 0.235. The van der Waals surface area contributed by atoms with Crippen molar-refractivity contribution in [2.75, 3.05) is 32.4 Å². The number of anilines is 1. The second-order valence-electron chi connectivity index (χ2n) is 4.53. The van der Waals surface area contributed by atoms with Gasteiger partial charge in [0.05, 0.1) is 6.20 Å². The average molecular weight is 254 g/mol. The molecule has 2 heterocycles. The SMILES string of the molecule is C[C@@H]1CN(C)CCCN1C(=O)c1cnc(N)s1. The van der Waals surface area contributed by atoms with Gasteiger partial charge in [0, 0.05) is 19.1 Å². The lowest BCUT2D eigenvalue weighted by atomic mass is 10.2. The highest BCUT2D eigenvalue weighted by molar-refractivity contribution is 7.17. The number of aromatic nitrogens is 1. The third-order valence-corrected chi connectivity index (χ3v) is 3.86. The molecule has 2 rings (SSSR count). The van der Waals surface area contributed by atoms with Gasteiger partial charge in [0.25, 0.3) is 5.91 Å². The molecule has 0 radical (unpaired) electrons. The summed E-state index contributed by atoms with van der Waals surface area (Å²) >= 11 is 1.26. The maximum Gasteiger partial charge on any atom is 0.265 e. The molecule has 1 saturated heterocycles. The Balaban J connectivity index is 2.12. The summed E-state index contributed by atoms with van der Waals surface area (Å²) in [6.45, 7) is 4.85. The molecule has 1 atom stereocenters. The van der Waals surface area contributed by atoms with Crippen LogP contribution in [0, 0.1) is 0 Å². The van der Waals surface area contributed by atoms with Gasteiger partial charge in [-0.15, -0.1) is 0 Å². The number of nitrogens with two attached hydrogens (primary N) is 1. The standard InChI is InChI=1S/C11H18N4OS/c1-8-7-14(2)4-3-5-15(8)10(16)9-6-13-11(12)17-9/h6,8H,3-5,7H2,1-2H3,(H2,12,13)/t8-/m1/s1. The predicted molar refractivity (Wildman–Crippen MR) is 69.1 cm³/mol. The molecule has 1 aromatic heterocycles. The van der Waals surface area contributed by atoms with Gasteiger partial charge in [-0.25, -0.2) is 4.98 Å². The van der Waals surface area contributed by atoms with Crippen LogP contribution in [-0.4, -0.2) is 53.4 Å². The lowest BCUT2D eigenvalue weighted by Crippen LogP contribution is -2.41. The molecule has 0 aliphatic carbocycles. The highest BCUT2D eigenvalue weighted by Gasteiger charge is 2.25. The van der Waals surface area contributed by atoms with Crippen LogP contribution in [-0.2, 0) is 0 Å². The number of carbonyl (C=O) groups excluding carboxylic acids is 1. The van der Waals surface area contributed by atoms with Crippen molar-refractivity contribution in [2.24, 2.45) is 0 Å². The van der Waals surface area contributed by atoms with Gasteiger partial charge in [0.2, 0.25) is 0 Å². The molecule has 1 aliphatic rings. The van der Waals surface area contributed by atoms with Gasteiger partial charge in [-0.2, -0.15) is 0 Å². The number of amides is 1. The monoisotopic (exact) mass is 254 g/mol. The summed E-state index contributed by atoms with van der Waals surface area (Å²) in [5.74, 6) is 0.0574. The van der Waals surface area contributed by atoms with Crippen molar-refractivity contribution in [1.82, 2.24) is 14.8 Å². The van der Waals surface area contributed by atoms with E-state index in [1.165, 1.54) is 11.3 Å². The summed E-state index contributed by atoms with van der Waals surface area (Å²) < 4.78 is 0. The van der Waals surface area contributed by atoms with Crippen molar-refractivity contribution in [1.29, 1.82) is 0 Å². The molecule has 2 N–H and O–H groups in total. The first-order valence-electron chi connectivity index (χ1n) is 5.78. The first-order chi connectivity index (χ1) is 8.08. The van der Waals surface area contributed by atoms with E-state index in [2.05, 4.69) is 23.9 Å². The highest BCUT2D eigenvalue weighted by Crippen LogP contribution is 2.19. The molecule has 1 aromatic rings. The number of hydrogen-bond acceptors (Lipinski definition) is 5. The molecule has 0 saturated carbocycles. The van der Waals surface area contributed by atoms with Gasteiger partial charge in [0.15, 0.2) is 5.13 Å². The number of nitrogen functional groups attached to an aromatic ring is 1. The van der Waals surface area contributed by atoms with Gasteiger partial charge < -0.3 is 15.5 Å². The minimum absolute atomic E-state index is 0.0574. The Bertz CT molecular complexity index is 406. The molecule has 1 fully saturated rings. The van der Waals surface area contributed by atoms with E-state index < -0.39 is 0 Å². The Labute approximate surface area is 105 Å². The number of nitrogens with zero attached hydrogens (tertiary/aromatic N) is 3. The van der Waals surface area contributed by atoms with Gasteiger partial charge in [-0.3, -0.25) is 4.79 Å². The Morgan fingerprint density at radius 1 is 1.59 bits per heavy atom. The van der Waals surface area contributed by atoms with Crippen LogP contribution < -0.4 is 5.73 Å². The molecular weight excluding hydrogens is 236 g/mol. The molecule has 0 aromatic carbocycles. The van der Waals surface area contributed by atoms with Gasteiger partial charge in [0.1, 0.15) is 4.88 Å². The fourth-order valence-corrected chi connectivity index (χ4v) is 2.84. The van der Waals surface area contributed by atoms with Crippen LogP contribution in [0.4, 0.5) is 5.13 Å². The van der Waals surface area contributed by atoms with Crippen LogP contribution in [0.25, 0.3) is 0 Å². The molecule has 5 nitrogen and oxygen atoms in total. The van der Waals surface area contributed by atoms with E-state index in [0.29, 0.717) is 10.0 Å². The lowest BCUT2D eigenvalue weighted by molar-refractivity contribution is 0.0701. The van der Waals surface area contributed by atoms with E-state index in [1.807, 2.05) is 4.90 Å². The van der Waals surface area contributed by atoms with Crippen molar-refractivity contribution in [3.8, 4) is 0 Å². The zero-order chi connectivity index (χ0) is 12.4. The molecule has 17 heavy (non-hydrogen) atoms. The van der Waals surface area contributed by atoms with Crippen molar-refractivity contribution >= 4 is 22.4 Å². The maximum atomic E-state index is 12.3. The number of carbonyl (C=O) groups is 1. The molecule has 1 amide bonds. The molecule has 1 aliphatic heterocycles. The fourth-order valence-electron chi connectivity index (χ4n) is 2.20. The first-order valence-corrected chi connectivity index (χ1v) is 6.60. The number of rotatable bonds is 1. The minimum Gasteiger partial charge on any atom is -0.375 e. The normalized spacial score (nSPS) is 22.5. The number of likely N-dealkylation sites (N-methyl/N-ethyl adjacent to an activating group) is 1. The number of thiazole rings is 1. The van der Waals surface area contributed by atoms with Crippen LogP contribution in [0.1, 0.15) is 23.0 Å². The largest absolute Gasteiger partial charge is 0.375 e. The zero-order valence-electron chi connectivity index (χ0n) is 10.2. The third kappa shape index (κ3) is 2.76. The minimum atomic E-state index is 0.0574. The van der Waals surface area contributed by atoms with Crippen LogP contribution in [0.5, 0.6) is 0 Å². The maximum absolute atomic E-state index is 12.3. The third-order valence-electron chi connectivity index (χ3n) is 3.04. The highest BCUT2D eigenvalue weighted by atomic mass is 32.1. The second kappa shape index (κ2) is 5.01. The summed E-state index contributed by atoms with van der Waals surface area (Å²) in [5.41, 5.74) is 5.56. The van der Waals surface area contributed by atoms with Crippen molar-refractivity contribution in [3.63, 3.8) is 0 Å². The van der Waals surface area contributed by atoms with Crippen LogP contribution >= 0.6 is 11.3 Å². The molecule has 6 heteroatoms. The summed E-state index contributed by atoms with van der Waals surface area (Å²) in [6.07, 6.45) is 2.59. The van der Waals surface area contributed by atoms with Gasteiger partial charge in [-0.1, -0.05) is 11.3 Å². The first kappa shape index (κ1) is 12.3. The second-order valence-corrected chi connectivity index (χ2v) is 5.59. The Kier molecular flexibility index (Phi) is 3.63. The molecular formula is C11H18N4OS. The van der Waals surface area contributed by atoms with Crippen LogP contribution in [0.15, 0.2) is 6.20 Å². The lowest BCUT2D eigenvalue weighted by Gasteiger charge is -2.27. The van der Waals surface area contributed by atoms with Crippen molar-refractivity contribution in [2.45, 2.75) is 19.4 Å². The van der Waals surface area contributed by atoms with E-state index in [0.717, 1.165) is 26.1 Å². The number of hydrogen-bond donors (Lipinski definition) is 1. The van der Waals surface area contributed by atoms with E-state index >= 15 is 0 Å².